The summed E-state index contributed by atoms with van der Waals surface area (Å²) in [6, 6.07) is 8.02. The molecule has 0 radical (unpaired) electrons. The number of ether oxygens (including phenoxy) is 2. The van der Waals surface area contributed by atoms with Crippen LogP contribution < -0.4 is 4.74 Å². The van der Waals surface area contributed by atoms with Crippen molar-refractivity contribution in [3.8, 4) is 5.75 Å². The fourth-order valence-electron chi connectivity index (χ4n) is 1.44. The van der Waals surface area contributed by atoms with Crippen LogP contribution in [0, 0.1) is 6.92 Å². The molecule has 0 N–H and O–H groups in total. The lowest BCUT2D eigenvalue weighted by Crippen LogP contribution is -2.34. The third kappa shape index (κ3) is 3.56. The van der Waals surface area contributed by atoms with Gasteiger partial charge in [0, 0.05) is 20.0 Å². The molecule has 0 spiro atoms. The Bertz CT molecular complexity index is 309. The highest BCUT2D eigenvalue weighted by Gasteiger charge is 2.24. The van der Waals surface area contributed by atoms with Crippen LogP contribution in [0.5, 0.6) is 5.75 Å². The molecule has 1 unspecified atom stereocenters. The second-order valence-electron chi connectivity index (χ2n) is 3.84. The standard InChI is InChI=1S/C13H20O2/c1-5-13(4,14-6-2)15-12-9-7-8-11(3)10-12/h7-10H,5-6H2,1-4H3. The van der Waals surface area contributed by atoms with Gasteiger partial charge in [0.2, 0.25) is 5.79 Å². The molecule has 2 nitrogen and oxygen atoms in total. The van der Waals surface area contributed by atoms with E-state index in [0.29, 0.717) is 6.61 Å². The Balaban J connectivity index is 2.74. The van der Waals surface area contributed by atoms with E-state index in [1.807, 2.05) is 32.0 Å². The molecule has 0 saturated carbocycles. The summed E-state index contributed by atoms with van der Waals surface area (Å²) < 4.78 is 11.5. The van der Waals surface area contributed by atoms with Crippen LogP contribution in [0.3, 0.4) is 0 Å². The fourth-order valence-corrected chi connectivity index (χ4v) is 1.44. The first-order chi connectivity index (χ1) is 7.09. The first-order valence-electron chi connectivity index (χ1n) is 5.49. The summed E-state index contributed by atoms with van der Waals surface area (Å²) >= 11 is 0. The Labute approximate surface area is 92.2 Å². The summed E-state index contributed by atoms with van der Waals surface area (Å²) in [7, 11) is 0. The normalized spacial score (nSPS) is 14.7. The zero-order chi connectivity index (χ0) is 11.3. The molecule has 0 saturated heterocycles. The van der Waals surface area contributed by atoms with Crippen molar-refractivity contribution in [2.75, 3.05) is 6.61 Å². The molecule has 1 aromatic carbocycles. The predicted octanol–water partition coefficient (Wildman–Crippen LogP) is 3.54. The van der Waals surface area contributed by atoms with Gasteiger partial charge in [-0.25, -0.2) is 0 Å². The van der Waals surface area contributed by atoms with Gasteiger partial charge >= 0.3 is 0 Å². The van der Waals surface area contributed by atoms with Gasteiger partial charge < -0.3 is 9.47 Å². The molecule has 15 heavy (non-hydrogen) atoms. The van der Waals surface area contributed by atoms with Gasteiger partial charge in [0.25, 0.3) is 0 Å². The Morgan fingerprint density at radius 1 is 1.27 bits per heavy atom. The van der Waals surface area contributed by atoms with Crippen molar-refractivity contribution in [2.24, 2.45) is 0 Å². The van der Waals surface area contributed by atoms with Crippen LogP contribution in [0.4, 0.5) is 0 Å². The molecule has 0 aliphatic heterocycles. The number of hydrogen-bond acceptors (Lipinski definition) is 2. The van der Waals surface area contributed by atoms with Crippen LogP contribution in [0.1, 0.15) is 32.8 Å². The molecule has 0 fully saturated rings. The van der Waals surface area contributed by atoms with E-state index < -0.39 is 5.79 Å². The van der Waals surface area contributed by atoms with Crippen LogP contribution in [-0.4, -0.2) is 12.4 Å². The molecule has 0 aliphatic rings. The van der Waals surface area contributed by atoms with Crippen molar-refractivity contribution < 1.29 is 9.47 Å². The first-order valence-corrected chi connectivity index (χ1v) is 5.49. The van der Waals surface area contributed by atoms with Gasteiger partial charge in [0.05, 0.1) is 0 Å². The van der Waals surface area contributed by atoms with E-state index in [1.54, 1.807) is 0 Å². The zero-order valence-electron chi connectivity index (χ0n) is 10.0. The molecule has 1 atom stereocenters. The van der Waals surface area contributed by atoms with Crippen molar-refractivity contribution in [3.05, 3.63) is 29.8 Å². The number of rotatable bonds is 5. The highest BCUT2D eigenvalue weighted by Crippen LogP contribution is 2.23. The molecule has 0 aliphatic carbocycles. The van der Waals surface area contributed by atoms with E-state index in [2.05, 4.69) is 19.9 Å². The quantitative estimate of drug-likeness (QED) is 0.689. The van der Waals surface area contributed by atoms with E-state index in [1.165, 1.54) is 5.56 Å². The Hall–Kier alpha value is -1.02. The second kappa shape index (κ2) is 5.17. The third-order valence-electron chi connectivity index (χ3n) is 2.42. The first kappa shape index (κ1) is 12.1. The zero-order valence-corrected chi connectivity index (χ0v) is 10.0. The lowest BCUT2D eigenvalue weighted by atomic mass is 10.2. The van der Waals surface area contributed by atoms with Crippen molar-refractivity contribution in [3.63, 3.8) is 0 Å². The minimum Gasteiger partial charge on any atom is -0.463 e. The highest BCUT2D eigenvalue weighted by molar-refractivity contribution is 5.27. The summed E-state index contributed by atoms with van der Waals surface area (Å²) in [6.45, 7) is 8.73. The van der Waals surface area contributed by atoms with Crippen molar-refractivity contribution in [1.29, 1.82) is 0 Å². The Morgan fingerprint density at radius 3 is 2.53 bits per heavy atom. The molecule has 0 amide bonds. The van der Waals surface area contributed by atoms with E-state index in [9.17, 15) is 0 Å². The minimum absolute atomic E-state index is 0.511. The van der Waals surface area contributed by atoms with Crippen LogP contribution in [0.15, 0.2) is 24.3 Å². The molecule has 1 aromatic rings. The maximum absolute atomic E-state index is 5.85. The van der Waals surface area contributed by atoms with Gasteiger partial charge in [-0.05, 0) is 31.5 Å². The molecule has 2 heteroatoms. The third-order valence-corrected chi connectivity index (χ3v) is 2.42. The Kier molecular flexibility index (Phi) is 4.15. The van der Waals surface area contributed by atoms with E-state index >= 15 is 0 Å². The van der Waals surface area contributed by atoms with Gasteiger partial charge in [0.15, 0.2) is 0 Å². The van der Waals surface area contributed by atoms with Crippen molar-refractivity contribution in [1.82, 2.24) is 0 Å². The summed E-state index contributed by atoms with van der Waals surface area (Å²) in [5, 5.41) is 0. The topological polar surface area (TPSA) is 18.5 Å². The van der Waals surface area contributed by atoms with Gasteiger partial charge in [0.1, 0.15) is 5.75 Å². The maximum Gasteiger partial charge on any atom is 0.207 e. The highest BCUT2D eigenvalue weighted by atomic mass is 16.7. The van der Waals surface area contributed by atoms with Crippen LogP contribution >= 0.6 is 0 Å². The average Bonchev–Trinajstić information content (AvgIpc) is 2.18. The average molecular weight is 208 g/mol. The molecule has 0 heterocycles. The van der Waals surface area contributed by atoms with E-state index in [-0.39, 0.29) is 0 Å². The molecule has 84 valence electrons. The monoisotopic (exact) mass is 208 g/mol. The van der Waals surface area contributed by atoms with Crippen LogP contribution in [-0.2, 0) is 4.74 Å². The Morgan fingerprint density at radius 2 is 2.00 bits per heavy atom. The summed E-state index contributed by atoms with van der Waals surface area (Å²) in [6.07, 6.45) is 0.828. The predicted molar refractivity (Wildman–Crippen MR) is 62.1 cm³/mol. The molecule has 1 rings (SSSR count). The van der Waals surface area contributed by atoms with Gasteiger partial charge in [-0.15, -0.1) is 0 Å². The maximum atomic E-state index is 5.85. The number of benzene rings is 1. The molecular formula is C13H20O2. The largest absolute Gasteiger partial charge is 0.463 e. The SMILES string of the molecule is CCOC(C)(CC)Oc1cccc(C)c1. The molecule has 0 bridgehead atoms. The van der Waals surface area contributed by atoms with Crippen LogP contribution in [0.25, 0.3) is 0 Å². The smallest absolute Gasteiger partial charge is 0.207 e. The van der Waals surface area contributed by atoms with Crippen molar-refractivity contribution in [2.45, 2.75) is 39.9 Å². The van der Waals surface area contributed by atoms with Gasteiger partial charge in [-0.3, -0.25) is 0 Å². The number of aryl methyl sites for hydroxylation is 1. The lowest BCUT2D eigenvalue weighted by molar-refractivity contribution is -0.168. The van der Waals surface area contributed by atoms with E-state index in [0.717, 1.165) is 12.2 Å². The fraction of sp³-hybridized carbons (Fsp3) is 0.538. The van der Waals surface area contributed by atoms with Crippen molar-refractivity contribution >= 4 is 0 Å². The summed E-state index contributed by atoms with van der Waals surface area (Å²) in [5.74, 6) is 0.357. The van der Waals surface area contributed by atoms with E-state index in [4.69, 9.17) is 9.47 Å². The summed E-state index contributed by atoms with van der Waals surface area (Å²) in [5.41, 5.74) is 1.20. The lowest BCUT2D eigenvalue weighted by Gasteiger charge is -2.29. The second-order valence-corrected chi connectivity index (χ2v) is 3.84. The van der Waals surface area contributed by atoms with Gasteiger partial charge in [-0.2, -0.15) is 0 Å². The van der Waals surface area contributed by atoms with Gasteiger partial charge in [-0.1, -0.05) is 19.1 Å². The number of hydrogen-bond donors (Lipinski definition) is 0. The summed E-state index contributed by atoms with van der Waals surface area (Å²) in [4.78, 5) is 0. The molecule has 0 aromatic heterocycles. The minimum atomic E-state index is -0.511. The van der Waals surface area contributed by atoms with Crippen LogP contribution in [0.2, 0.25) is 0 Å². The molecular weight excluding hydrogens is 188 g/mol.